The van der Waals surface area contributed by atoms with E-state index in [0.29, 0.717) is 5.69 Å². The zero-order valence-corrected chi connectivity index (χ0v) is 13.7. The zero-order chi connectivity index (χ0) is 16.8. The summed E-state index contributed by atoms with van der Waals surface area (Å²) in [6, 6.07) is 1.61. The molecule has 0 aliphatic carbocycles. The number of hydrogen-bond donors (Lipinski definition) is 0. The van der Waals surface area contributed by atoms with Crippen molar-refractivity contribution in [3.63, 3.8) is 0 Å². The molecule has 3 rings (SSSR count). The maximum atomic E-state index is 13.3. The molecule has 0 atom stereocenters. The van der Waals surface area contributed by atoms with E-state index in [2.05, 4.69) is 9.97 Å². The van der Waals surface area contributed by atoms with Crippen LogP contribution in [0, 0.1) is 0 Å². The Balaban J connectivity index is 2.10. The van der Waals surface area contributed by atoms with E-state index in [1.807, 2.05) is 13.8 Å². The second-order valence-electron chi connectivity index (χ2n) is 6.01. The molecule has 126 valence electrons. The number of hydrogen-bond acceptors (Lipinski definition) is 4. The number of rotatable bonds is 3. The highest BCUT2D eigenvalue weighted by molar-refractivity contribution is 7.89. The molecule has 2 aromatic heterocycles. The predicted octanol–water partition coefficient (Wildman–Crippen LogP) is 2.27. The third-order valence-corrected chi connectivity index (χ3v) is 5.91. The largest absolute Gasteiger partial charge is 0.273 e. The van der Waals surface area contributed by atoms with Gasteiger partial charge in [0, 0.05) is 38.3 Å². The number of sulfonamides is 1. The summed E-state index contributed by atoms with van der Waals surface area (Å²) in [5.74, 6) is -2.64. The average Bonchev–Trinajstić information content (AvgIpc) is 2.87. The first-order chi connectivity index (χ1) is 10.7. The van der Waals surface area contributed by atoms with Gasteiger partial charge in [-0.2, -0.15) is 4.31 Å². The molecule has 1 aliphatic rings. The van der Waals surface area contributed by atoms with E-state index in [1.54, 1.807) is 12.3 Å². The van der Waals surface area contributed by atoms with E-state index in [1.165, 1.54) is 10.6 Å². The van der Waals surface area contributed by atoms with E-state index in [9.17, 15) is 17.2 Å². The number of halogens is 2. The van der Waals surface area contributed by atoms with Crippen molar-refractivity contribution in [2.45, 2.75) is 43.6 Å². The molecule has 0 spiro atoms. The Morgan fingerprint density at radius 2 is 1.91 bits per heavy atom. The van der Waals surface area contributed by atoms with Gasteiger partial charge in [-0.05, 0) is 12.0 Å². The van der Waals surface area contributed by atoms with Crippen LogP contribution in [-0.2, 0) is 10.0 Å². The van der Waals surface area contributed by atoms with Crippen molar-refractivity contribution in [3.05, 3.63) is 24.2 Å². The fraction of sp³-hybridized carbons (Fsp3) is 0.571. The Hall–Kier alpha value is -1.61. The van der Waals surface area contributed by atoms with Crippen LogP contribution in [0.25, 0.3) is 5.78 Å². The van der Waals surface area contributed by atoms with Crippen LogP contribution in [0.1, 0.15) is 38.3 Å². The van der Waals surface area contributed by atoms with Crippen LogP contribution in [0.2, 0.25) is 0 Å². The second kappa shape index (κ2) is 5.48. The van der Waals surface area contributed by atoms with Gasteiger partial charge in [0.25, 0.3) is 15.9 Å². The fourth-order valence-electron chi connectivity index (χ4n) is 2.69. The molecule has 0 unspecified atom stereocenters. The van der Waals surface area contributed by atoms with Gasteiger partial charge in [0.05, 0.1) is 5.69 Å². The van der Waals surface area contributed by atoms with Crippen molar-refractivity contribution in [1.82, 2.24) is 18.7 Å². The third-order valence-electron chi connectivity index (χ3n) is 3.97. The van der Waals surface area contributed by atoms with Crippen molar-refractivity contribution in [1.29, 1.82) is 0 Å². The summed E-state index contributed by atoms with van der Waals surface area (Å²) in [6.07, 6.45) is 2.19. The van der Waals surface area contributed by atoms with Crippen LogP contribution >= 0.6 is 0 Å². The summed E-state index contributed by atoms with van der Waals surface area (Å²) < 4.78 is 55.2. The molecular weight excluding hydrogens is 326 g/mol. The molecule has 3 heterocycles. The minimum absolute atomic E-state index is 0.0285. The maximum absolute atomic E-state index is 13.3. The van der Waals surface area contributed by atoms with Gasteiger partial charge in [-0.1, -0.05) is 13.8 Å². The smallest absolute Gasteiger partial charge is 0.261 e. The van der Waals surface area contributed by atoms with Gasteiger partial charge in [0.2, 0.25) is 5.78 Å². The van der Waals surface area contributed by atoms with Gasteiger partial charge < -0.3 is 0 Å². The minimum Gasteiger partial charge on any atom is -0.273 e. The number of nitrogens with zero attached hydrogens (tertiary/aromatic N) is 4. The van der Waals surface area contributed by atoms with Gasteiger partial charge in [-0.3, -0.25) is 4.40 Å². The zero-order valence-electron chi connectivity index (χ0n) is 12.9. The molecule has 23 heavy (non-hydrogen) atoms. The lowest BCUT2D eigenvalue weighted by Gasteiger charge is -2.31. The lowest BCUT2D eigenvalue weighted by molar-refractivity contribution is -0.0412. The Kier molecular flexibility index (Phi) is 3.88. The van der Waals surface area contributed by atoms with Crippen LogP contribution in [0.3, 0.4) is 0 Å². The summed E-state index contributed by atoms with van der Waals surface area (Å²) in [7, 11) is -3.91. The number of imidazole rings is 1. The molecule has 0 bridgehead atoms. The van der Waals surface area contributed by atoms with Crippen molar-refractivity contribution in [3.8, 4) is 0 Å². The van der Waals surface area contributed by atoms with Gasteiger partial charge in [0.15, 0.2) is 5.03 Å². The summed E-state index contributed by atoms with van der Waals surface area (Å²) in [5, 5.41) is 0.0285. The van der Waals surface area contributed by atoms with Crippen LogP contribution in [-0.4, -0.2) is 46.1 Å². The fourth-order valence-corrected chi connectivity index (χ4v) is 4.54. The SMILES string of the molecule is CC(C)c1nc2ncccn2c1S(=O)(=O)N1CCC(F)(F)CC1. The average molecular weight is 344 g/mol. The van der Waals surface area contributed by atoms with Gasteiger partial charge >= 0.3 is 0 Å². The van der Waals surface area contributed by atoms with Gasteiger partial charge in [-0.25, -0.2) is 27.2 Å². The molecule has 0 saturated carbocycles. The first-order valence-electron chi connectivity index (χ1n) is 7.43. The minimum atomic E-state index is -3.91. The Labute approximate surface area is 133 Å². The molecule has 2 aromatic rings. The molecule has 1 saturated heterocycles. The van der Waals surface area contributed by atoms with Gasteiger partial charge in [-0.15, -0.1) is 0 Å². The van der Waals surface area contributed by atoms with Crippen molar-refractivity contribution in [2.24, 2.45) is 0 Å². The van der Waals surface area contributed by atoms with Crippen molar-refractivity contribution < 1.29 is 17.2 Å². The van der Waals surface area contributed by atoms with Crippen LogP contribution < -0.4 is 0 Å². The summed E-state index contributed by atoms with van der Waals surface area (Å²) in [4.78, 5) is 8.38. The normalized spacial score (nSPS) is 19.5. The first-order valence-corrected chi connectivity index (χ1v) is 8.87. The molecule has 0 aromatic carbocycles. The van der Waals surface area contributed by atoms with E-state index in [4.69, 9.17) is 0 Å². The number of fused-ring (bicyclic) bond motifs is 1. The highest BCUT2D eigenvalue weighted by Gasteiger charge is 2.40. The third kappa shape index (κ3) is 2.83. The summed E-state index contributed by atoms with van der Waals surface area (Å²) >= 11 is 0. The molecule has 0 amide bonds. The van der Waals surface area contributed by atoms with E-state index in [0.717, 1.165) is 4.31 Å². The second-order valence-corrected chi connectivity index (χ2v) is 7.86. The summed E-state index contributed by atoms with van der Waals surface area (Å²) in [6.45, 7) is 3.29. The monoisotopic (exact) mass is 344 g/mol. The van der Waals surface area contributed by atoms with E-state index in [-0.39, 0.29) is 29.8 Å². The highest BCUT2D eigenvalue weighted by Crippen LogP contribution is 2.33. The van der Waals surface area contributed by atoms with Crippen LogP contribution in [0.4, 0.5) is 8.78 Å². The molecule has 9 heteroatoms. The Morgan fingerprint density at radius 1 is 1.26 bits per heavy atom. The highest BCUT2D eigenvalue weighted by atomic mass is 32.2. The number of aromatic nitrogens is 3. The topological polar surface area (TPSA) is 67.6 Å². The lowest BCUT2D eigenvalue weighted by Crippen LogP contribution is -2.43. The van der Waals surface area contributed by atoms with E-state index < -0.39 is 28.8 Å². The Morgan fingerprint density at radius 3 is 2.52 bits per heavy atom. The molecular formula is C14H18F2N4O2S. The molecule has 6 nitrogen and oxygen atoms in total. The molecule has 0 N–H and O–H groups in total. The molecule has 1 aliphatic heterocycles. The van der Waals surface area contributed by atoms with Gasteiger partial charge in [0.1, 0.15) is 0 Å². The van der Waals surface area contributed by atoms with E-state index >= 15 is 0 Å². The molecule has 1 fully saturated rings. The standard InChI is InChI=1S/C14H18F2N4O2S/c1-10(2)11-12(20-7-3-6-17-13(20)18-11)23(21,22)19-8-4-14(15,16)5-9-19/h3,6-7,10H,4-5,8-9H2,1-2H3. The maximum Gasteiger partial charge on any atom is 0.261 e. The lowest BCUT2D eigenvalue weighted by atomic mass is 10.1. The Bertz CT molecular complexity index is 822. The number of alkyl halides is 2. The molecule has 0 radical (unpaired) electrons. The van der Waals surface area contributed by atoms with Crippen LogP contribution in [0.5, 0.6) is 0 Å². The summed E-state index contributed by atoms with van der Waals surface area (Å²) in [5.41, 5.74) is 0.404. The predicted molar refractivity (Wildman–Crippen MR) is 80.0 cm³/mol. The number of piperidine rings is 1. The van der Waals surface area contributed by atoms with Crippen LogP contribution in [0.15, 0.2) is 23.5 Å². The first kappa shape index (κ1) is 16.3. The van der Waals surface area contributed by atoms with Crippen molar-refractivity contribution in [2.75, 3.05) is 13.1 Å². The van der Waals surface area contributed by atoms with Crippen molar-refractivity contribution >= 4 is 15.8 Å². The quantitative estimate of drug-likeness (QED) is 0.857.